The highest BCUT2D eigenvalue weighted by atomic mass is 32.2. The second-order valence-corrected chi connectivity index (χ2v) is 3.25. The first kappa shape index (κ1) is 10.8. The van der Waals surface area contributed by atoms with E-state index in [4.69, 9.17) is 4.55 Å². The molecule has 0 radical (unpaired) electrons. The molecule has 0 aliphatic rings. The predicted molar refractivity (Wildman–Crippen MR) is 40.3 cm³/mol. The Hall–Kier alpha value is -1.15. The highest BCUT2D eigenvalue weighted by Crippen LogP contribution is 2.08. The van der Waals surface area contributed by atoms with Crippen LogP contribution < -0.4 is 5.32 Å². The zero-order chi connectivity index (χ0) is 9.94. The van der Waals surface area contributed by atoms with Gasteiger partial charge in [0.1, 0.15) is 5.70 Å². The Morgan fingerprint density at radius 2 is 2.00 bits per heavy atom. The van der Waals surface area contributed by atoms with Crippen molar-refractivity contribution in [1.29, 1.82) is 0 Å². The molecule has 0 aromatic carbocycles. The van der Waals surface area contributed by atoms with Gasteiger partial charge in [-0.15, -0.1) is 0 Å². The fraction of sp³-hybridized carbons (Fsp3) is 0.500. The molecule has 8 heteroatoms. The van der Waals surface area contributed by atoms with Crippen LogP contribution in [0.4, 0.5) is 0 Å². The van der Waals surface area contributed by atoms with E-state index in [0.717, 1.165) is 0 Å². The third kappa shape index (κ3) is 2.47. The lowest BCUT2D eigenvalue weighted by Crippen LogP contribution is -2.18. The van der Waals surface area contributed by atoms with Gasteiger partial charge in [-0.3, -0.25) is 14.7 Å². The summed E-state index contributed by atoms with van der Waals surface area (Å²) in [6.07, 6.45) is 0. The van der Waals surface area contributed by atoms with Gasteiger partial charge in [0.15, 0.2) is 0 Å². The molecule has 0 heterocycles. The van der Waals surface area contributed by atoms with Crippen LogP contribution in [-0.2, 0) is 10.1 Å². The van der Waals surface area contributed by atoms with E-state index in [1.54, 1.807) is 0 Å². The van der Waals surface area contributed by atoms with Gasteiger partial charge in [0.05, 0.1) is 4.92 Å². The van der Waals surface area contributed by atoms with Gasteiger partial charge >= 0.3 is 15.1 Å². The minimum Gasteiger partial charge on any atom is -0.385 e. The second kappa shape index (κ2) is 3.50. The molecule has 2 N–H and O–H groups in total. The number of hydrogen-bond donors (Lipinski definition) is 2. The Morgan fingerprint density at radius 1 is 1.58 bits per heavy atom. The number of allylic oxidation sites excluding steroid dienone is 1. The average molecular weight is 196 g/mol. The van der Waals surface area contributed by atoms with Gasteiger partial charge in [0, 0.05) is 7.05 Å². The highest BCUT2D eigenvalue weighted by Gasteiger charge is 2.29. The molecule has 0 aliphatic heterocycles. The van der Waals surface area contributed by atoms with Crippen LogP contribution in [0.2, 0.25) is 0 Å². The van der Waals surface area contributed by atoms with Crippen LogP contribution >= 0.6 is 0 Å². The molecule has 0 spiro atoms. The molecule has 0 amide bonds. The molecule has 0 atom stereocenters. The van der Waals surface area contributed by atoms with E-state index >= 15 is 0 Å². The Bertz CT molecular complexity index is 316. The fourth-order valence-corrected chi connectivity index (χ4v) is 1.21. The molecule has 0 rings (SSSR count). The molecule has 70 valence electrons. The largest absolute Gasteiger partial charge is 0.403 e. The van der Waals surface area contributed by atoms with Crippen molar-refractivity contribution >= 4 is 10.1 Å². The molecule has 0 fully saturated rings. The van der Waals surface area contributed by atoms with Gasteiger partial charge in [-0.25, -0.2) is 0 Å². The van der Waals surface area contributed by atoms with Crippen molar-refractivity contribution in [3.8, 4) is 0 Å². The number of rotatable bonds is 3. The Labute approximate surface area is 69.0 Å². The summed E-state index contributed by atoms with van der Waals surface area (Å²) in [5.41, 5.74) is -0.220. The van der Waals surface area contributed by atoms with Crippen molar-refractivity contribution in [2.24, 2.45) is 0 Å². The lowest BCUT2D eigenvalue weighted by atomic mass is 10.5. The minimum atomic E-state index is -4.76. The molecule has 0 aromatic rings. The summed E-state index contributed by atoms with van der Waals surface area (Å²) >= 11 is 0. The van der Waals surface area contributed by atoms with E-state index in [2.05, 4.69) is 5.32 Å². The van der Waals surface area contributed by atoms with Gasteiger partial charge in [-0.1, -0.05) is 0 Å². The lowest BCUT2D eigenvalue weighted by molar-refractivity contribution is -0.413. The summed E-state index contributed by atoms with van der Waals surface area (Å²) in [5, 5.41) is 11.1. The van der Waals surface area contributed by atoms with Crippen LogP contribution in [0.25, 0.3) is 0 Å². The summed E-state index contributed by atoms with van der Waals surface area (Å²) in [6, 6.07) is 0. The molecular weight excluding hydrogens is 188 g/mol. The number of hydrogen-bond acceptors (Lipinski definition) is 5. The van der Waals surface area contributed by atoms with E-state index in [1.807, 2.05) is 0 Å². The number of nitro groups is 1. The smallest absolute Gasteiger partial charge is 0.385 e. The first-order chi connectivity index (χ1) is 5.30. The molecular formula is C4H8N2O5S. The molecule has 0 bridgehead atoms. The summed E-state index contributed by atoms with van der Waals surface area (Å²) < 4.78 is 29.2. The maximum atomic E-state index is 10.4. The molecule has 0 unspecified atom stereocenters. The van der Waals surface area contributed by atoms with Gasteiger partial charge in [-0.2, -0.15) is 8.42 Å². The van der Waals surface area contributed by atoms with Crippen molar-refractivity contribution in [2.75, 3.05) is 7.05 Å². The summed E-state index contributed by atoms with van der Waals surface area (Å²) in [5.74, 6) is 0. The zero-order valence-corrected chi connectivity index (χ0v) is 7.25. The average Bonchev–Trinajstić information content (AvgIpc) is 1.83. The monoisotopic (exact) mass is 196 g/mol. The predicted octanol–water partition coefficient (Wildman–Crippen LogP) is -0.441. The van der Waals surface area contributed by atoms with Crippen LogP contribution in [0, 0.1) is 10.1 Å². The van der Waals surface area contributed by atoms with Gasteiger partial charge in [-0.05, 0) is 6.92 Å². The van der Waals surface area contributed by atoms with Gasteiger partial charge < -0.3 is 5.32 Å². The van der Waals surface area contributed by atoms with E-state index in [-0.39, 0.29) is 5.70 Å². The quantitative estimate of drug-likeness (QED) is 0.359. The first-order valence-electron chi connectivity index (χ1n) is 2.81. The van der Waals surface area contributed by atoms with Crippen LogP contribution in [0.1, 0.15) is 6.92 Å². The zero-order valence-electron chi connectivity index (χ0n) is 6.44. The van der Waals surface area contributed by atoms with Crippen molar-refractivity contribution in [3.05, 3.63) is 20.8 Å². The molecule has 7 nitrogen and oxygen atoms in total. The van der Waals surface area contributed by atoms with E-state index in [1.165, 1.54) is 14.0 Å². The van der Waals surface area contributed by atoms with Crippen molar-refractivity contribution in [3.63, 3.8) is 0 Å². The SMILES string of the molecule is CNC(C)=C([N+](=O)[O-])S(=O)(=O)O. The lowest BCUT2D eigenvalue weighted by Gasteiger charge is -1.99. The fourth-order valence-electron chi connectivity index (χ4n) is 0.532. The minimum absolute atomic E-state index is 0.220. The topological polar surface area (TPSA) is 110 Å². The normalized spacial score (nSPS) is 13.6. The summed E-state index contributed by atoms with van der Waals surface area (Å²) in [4.78, 5) is 8.95. The Morgan fingerprint density at radius 3 is 2.08 bits per heavy atom. The van der Waals surface area contributed by atoms with Crippen molar-refractivity contribution in [1.82, 2.24) is 5.32 Å². The number of nitrogens with zero attached hydrogens (tertiary/aromatic N) is 1. The first-order valence-corrected chi connectivity index (χ1v) is 4.25. The van der Waals surface area contributed by atoms with E-state index in [0.29, 0.717) is 0 Å². The maximum absolute atomic E-state index is 10.4. The maximum Gasteiger partial charge on any atom is 0.403 e. The van der Waals surface area contributed by atoms with Crippen molar-refractivity contribution in [2.45, 2.75) is 6.92 Å². The van der Waals surface area contributed by atoms with E-state index < -0.39 is 20.1 Å². The molecule has 0 saturated heterocycles. The van der Waals surface area contributed by atoms with Crippen LogP contribution in [-0.4, -0.2) is 24.9 Å². The standard InChI is InChI=1S/C4H8N2O5S/c1-3(5-2)4(6(7)8)12(9,10)11/h5H,1-2H3,(H,9,10,11). The third-order valence-electron chi connectivity index (χ3n) is 1.11. The summed E-state index contributed by atoms with van der Waals surface area (Å²) in [6.45, 7) is 1.17. The van der Waals surface area contributed by atoms with Crippen LogP contribution in [0.15, 0.2) is 10.7 Å². The molecule has 0 aromatic heterocycles. The van der Waals surface area contributed by atoms with E-state index in [9.17, 15) is 18.5 Å². The highest BCUT2D eigenvalue weighted by molar-refractivity contribution is 7.89. The van der Waals surface area contributed by atoms with Gasteiger partial charge in [0.25, 0.3) is 0 Å². The Kier molecular flexibility index (Phi) is 3.16. The molecule has 0 aliphatic carbocycles. The second-order valence-electron chi connectivity index (χ2n) is 1.91. The molecule has 0 saturated carbocycles. The van der Waals surface area contributed by atoms with Gasteiger partial charge in [0.2, 0.25) is 0 Å². The third-order valence-corrected chi connectivity index (χ3v) is 2.05. The summed E-state index contributed by atoms with van der Waals surface area (Å²) in [7, 11) is -3.45. The Balaban J connectivity index is 5.38. The number of nitrogens with one attached hydrogen (secondary N) is 1. The van der Waals surface area contributed by atoms with Crippen LogP contribution in [0.3, 0.4) is 0 Å². The van der Waals surface area contributed by atoms with Crippen molar-refractivity contribution < 1.29 is 17.9 Å². The molecule has 12 heavy (non-hydrogen) atoms. The van der Waals surface area contributed by atoms with Crippen LogP contribution in [0.5, 0.6) is 0 Å².